The van der Waals surface area contributed by atoms with Gasteiger partial charge in [-0.2, -0.15) is 0 Å². The van der Waals surface area contributed by atoms with Crippen LogP contribution in [0, 0.1) is 0 Å². The van der Waals surface area contributed by atoms with Gasteiger partial charge >= 0.3 is 0 Å². The lowest BCUT2D eigenvalue weighted by atomic mass is 9.85. The van der Waals surface area contributed by atoms with Gasteiger partial charge in [-0.05, 0) is 48.2 Å². The van der Waals surface area contributed by atoms with Gasteiger partial charge in [0.05, 0.1) is 0 Å². The molecule has 0 aliphatic heterocycles. The molecule has 0 bridgehead atoms. The molecule has 2 heteroatoms. The van der Waals surface area contributed by atoms with Gasteiger partial charge in [0, 0.05) is 30.9 Å². The minimum absolute atomic E-state index is 0.172. The first-order chi connectivity index (χ1) is 10.1. The molecule has 3 rings (SSSR count). The third-order valence-corrected chi connectivity index (χ3v) is 3.95. The predicted molar refractivity (Wildman–Crippen MR) is 87.8 cm³/mol. The molecule has 106 valence electrons. The average molecular weight is 277 g/mol. The molecule has 0 saturated heterocycles. The first-order valence-corrected chi connectivity index (χ1v) is 7.26. The van der Waals surface area contributed by atoms with Crippen LogP contribution in [0.3, 0.4) is 0 Å². The maximum Gasteiger partial charge on any atom is 0.189 e. The van der Waals surface area contributed by atoms with Crippen LogP contribution < -0.4 is 4.90 Å². The molecule has 0 radical (unpaired) electrons. The van der Waals surface area contributed by atoms with Gasteiger partial charge in [0.15, 0.2) is 5.78 Å². The minimum Gasteiger partial charge on any atom is -0.378 e. The molecular formula is C19H19NO. The fourth-order valence-electron chi connectivity index (χ4n) is 2.73. The van der Waals surface area contributed by atoms with E-state index in [2.05, 4.69) is 11.0 Å². The van der Waals surface area contributed by atoms with Crippen molar-refractivity contribution in [1.82, 2.24) is 0 Å². The largest absolute Gasteiger partial charge is 0.378 e. The number of anilines is 1. The Morgan fingerprint density at radius 2 is 1.76 bits per heavy atom. The number of carbonyl (C=O) groups excluding carboxylic acids is 1. The summed E-state index contributed by atoms with van der Waals surface area (Å²) < 4.78 is 0. The van der Waals surface area contributed by atoms with E-state index < -0.39 is 0 Å². The Morgan fingerprint density at radius 1 is 1.00 bits per heavy atom. The Balaban J connectivity index is 1.94. The number of aryl methyl sites for hydroxylation is 1. The second-order valence-corrected chi connectivity index (χ2v) is 5.65. The van der Waals surface area contributed by atoms with Crippen LogP contribution in [0.1, 0.15) is 27.9 Å². The summed E-state index contributed by atoms with van der Waals surface area (Å²) in [7, 11) is 4.04. The zero-order valence-electron chi connectivity index (χ0n) is 12.5. The maximum atomic E-state index is 12.6. The van der Waals surface area contributed by atoms with Gasteiger partial charge in [0.1, 0.15) is 0 Å². The number of rotatable bonds is 2. The van der Waals surface area contributed by atoms with Crippen molar-refractivity contribution < 1.29 is 4.79 Å². The van der Waals surface area contributed by atoms with E-state index in [1.165, 1.54) is 0 Å². The lowest BCUT2D eigenvalue weighted by molar-refractivity contribution is 0.102. The Kier molecular flexibility index (Phi) is 3.61. The van der Waals surface area contributed by atoms with Crippen LogP contribution in [0.4, 0.5) is 5.69 Å². The summed E-state index contributed by atoms with van der Waals surface area (Å²) in [5.74, 6) is 0.172. The van der Waals surface area contributed by atoms with Crippen molar-refractivity contribution in [3.63, 3.8) is 0 Å². The van der Waals surface area contributed by atoms with Crippen LogP contribution in [-0.2, 0) is 6.42 Å². The smallest absolute Gasteiger partial charge is 0.189 e. The topological polar surface area (TPSA) is 20.3 Å². The van der Waals surface area contributed by atoms with Gasteiger partial charge in [-0.25, -0.2) is 0 Å². The molecule has 0 heterocycles. The summed E-state index contributed by atoms with van der Waals surface area (Å²) in [5.41, 5.74) is 5.17. The fraction of sp³-hybridized carbons (Fsp3) is 0.211. The summed E-state index contributed by atoms with van der Waals surface area (Å²) >= 11 is 0. The van der Waals surface area contributed by atoms with Crippen LogP contribution >= 0.6 is 0 Å². The highest BCUT2D eigenvalue weighted by molar-refractivity contribution is 6.13. The molecule has 0 N–H and O–H groups in total. The first-order valence-electron chi connectivity index (χ1n) is 7.26. The van der Waals surface area contributed by atoms with Crippen LogP contribution in [0.5, 0.6) is 0 Å². The molecule has 2 aromatic rings. The number of hydrogen-bond donors (Lipinski definition) is 0. The van der Waals surface area contributed by atoms with Crippen molar-refractivity contribution >= 4 is 17.5 Å². The molecule has 0 fully saturated rings. The van der Waals surface area contributed by atoms with Gasteiger partial charge in [-0.15, -0.1) is 0 Å². The zero-order valence-corrected chi connectivity index (χ0v) is 12.5. The monoisotopic (exact) mass is 277 g/mol. The quantitative estimate of drug-likeness (QED) is 0.774. The van der Waals surface area contributed by atoms with Crippen molar-refractivity contribution in [3.8, 4) is 0 Å². The summed E-state index contributed by atoms with van der Waals surface area (Å²) in [6, 6.07) is 16.2. The molecule has 2 nitrogen and oxygen atoms in total. The number of carbonyl (C=O) groups is 1. The summed E-state index contributed by atoms with van der Waals surface area (Å²) in [4.78, 5) is 14.7. The van der Waals surface area contributed by atoms with Crippen LogP contribution in [0.15, 0.2) is 54.1 Å². The number of allylic oxidation sites excluding steroid dienone is 1. The third-order valence-electron chi connectivity index (χ3n) is 3.95. The summed E-state index contributed by atoms with van der Waals surface area (Å²) in [6.07, 6.45) is 3.77. The van der Waals surface area contributed by atoms with Gasteiger partial charge < -0.3 is 4.90 Å². The summed E-state index contributed by atoms with van der Waals surface area (Å²) in [6.45, 7) is 0. The molecule has 1 aliphatic rings. The van der Waals surface area contributed by atoms with Gasteiger partial charge in [-0.3, -0.25) is 4.79 Å². The van der Waals surface area contributed by atoms with E-state index in [0.717, 1.165) is 40.8 Å². The van der Waals surface area contributed by atoms with Gasteiger partial charge in [-0.1, -0.05) is 30.3 Å². The van der Waals surface area contributed by atoms with E-state index in [1.807, 2.05) is 62.6 Å². The molecule has 0 spiro atoms. The van der Waals surface area contributed by atoms with E-state index >= 15 is 0 Å². The molecule has 0 amide bonds. The molecule has 0 aromatic heterocycles. The molecular weight excluding hydrogens is 258 g/mol. The van der Waals surface area contributed by atoms with Gasteiger partial charge in [0.2, 0.25) is 0 Å². The first kappa shape index (κ1) is 13.6. The Morgan fingerprint density at radius 3 is 2.48 bits per heavy atom. The number of hydrogen-bond acceptors (Lipinski definition) is 2. The van der Waals surface area contributed by atoms with Crippen molar-refractivity contribution in [2.75, 3.05) is 19.0 Å². The molecule has 0 unspecified atom stereocenters. The highest BCUT2D eigenvalue weighted by Crippen LogP contribution is 2.29. The zero-order chi connectivity index (χ0) is 14.8. The second-order valence-electron chi connectivity index (χ2n) is 5.65. The van der Waals surface area contributed by atoms with Crippen molar-refractivity contribution in [2.24, 2.45) is 0 Å². The summed E-state index contributed by atoms with van der Waals surface area (Å²) in [5, 5.41) is 0. The van der Waals surface area contributed by atoms with E-state index in [-0.39, 0.29) is 5.78 Å². The standard InChI is InChI=1S/C19H19NO/c1-20(2)17-10-11-18-15(13-17)8-9-16(19(18)21)12-14-6-4-3-5-7-14/h3-7,10-13H,8-9H2,1-2H3/b16-12+. The van der Waals surface area contributed by atoms with Crippen molar-refractivity contribution in [3.05, 3.63) is 70.8 Å². The van der Waals surface area contributed by atoms with Crippen molar-refractivity contribution in [2.45, 2.75) is 12.8 Å². The number of benzene rings is 2. The Labute approximate surface area is 125 Å². The predicted octanol–water partition coefficient (Wildman–Crippen LogP) is 3.97. The second kappa shape index (κ2) is 5.57. The van der Waals surface area contributed by atoms with Crippen LogP contribution in [0.25, 0.3) is 6.08 Å². The molecule has 1 aliphatic carbocycles. The van der Waals surface area contributed by atoms with Crippen LogP contribution in [0.2, 0.25) is 0 Å². The van der Waals surface area contributed by atoms with E-state index in [0.29, 0.717) is 0 Å². The highest BCUT2D eigenvalue weighted by atomic mass is 16.1. The number of nitrogens with zero attached hydrogens (tertiary/aromatic N) is 1. The number of ketones is 1. The highest BCUT2D eigenvalue weighted by Gasteiger charge is 2.22. The van der Waals surface area contributed by atoms with Crippen molar-refractivity contribution in [1.29, 1.82) is 0 Å². The molecule has 2 aromatic carbocycles. The fourth-order valence-corrected chi connectivity index (χ4v) is 2.73. The van der Waals surface area contributed by atoms with Crippen LogP contribution in [-0.4, -0.2) is 19.9 Å². The Bertz CT molecular complexity index is 699. The number of Topliss-reactive ketones (excluding diaryl/α,β-unsaturated/α-hetero) is 1. The third kappa shape index (κ3) is 2.75. The SMILES string of the molecule is CN(C)c1ccc2c(c1)CC/C(=C\c1ccccc1)C2=O. The van der Waals surface area contributed by atoms with E-state index in [9.17, 15) is 4.79 Å². The normalized spacial score (nSPS) is 15.9. The molecule has 0 atom stereocenters. The average Bonchev–Trinajstić information content (AvgIpc) is 2.51. The van der Waals surface area contributed by atoms with E-state index in [4.69, 9.17) is 0 Å². The molecule has 21 heavy (non-hydrogen) atoms. The maximum absolute atomic E-state index is 12.6. The lowest BCUT2D eigenvalue weighted by Crippen LogP contribution is -2.16. The minimum atomic E-state index is 0.172. The Hall–Kier alpha value is -2.35. The number of fused-ring (bicyclic) bond motifs is 1. The lowest BCUT2D eigenvalue weighted by Gasteiger charge is -2.21. The van der Waals surface area contributed by atoms with Gasteiger partial charge in [0.25, 0.3) is 0 Å². The molecule has 0 saturated carbocycles. The van der Waals surface area contributed by atoms with E-state index in [1.54, 1.807) is 0 Å².